The molecule has 2 aromatic heterocycles. The summed E-state index contributed by atoms with van der Waals surface area (Å²) < 4.78 is 5.18. The number of thioether (sulfide) groups is 1. The Morgan fingerprint density at radius 3 is 2.71 bits per heavy atom. The van der Waals surface area contributed by atoms with Gasteiger partial charge in [0.1, 0.15) is 11.6 Å². The summed E-state index contributed by atoms with van der Waals surface area (Å²) in [7, 11) is 0. The Labute approximate surface area is 144 Å². The molecule has 3 N–H and O–H groups in total. The molecule has 0 atom stereocenters. The molecule has 0 aliphatic carbocycles. The molecule has 24 heavy (non-hydrogen) atoms. The van der Waals surface area contributed by atoms with Crippen molar-refractivity contribution in [3.05, 3.63) is 53.2 Å². The van der Waals surface area contributed by atoms with Gasteiger partial charge in [-0.25, -0.2) is 0 Å². The Balaban J connectivity index is 1.66. The number of anilines is 3. The minimum absolute atomic E-state index is 0.201. The van der Waals surface area contributed by atoms with Crippen molar-refractivity contribution in [2.75, 3.05) is 11.1 Å². The summed E-state index contributed by atoms with van der Waals surface area (Å²) in [5.41, 5.74) is 8.72. The number of nitrogens with two attached hydrogens (primary N) is 1. The van der Waals surface area contributed by atoms with Gasteiger partial charge in [-0.15, -0.1) is 11.8 Å². The molecular formula is C16H18N6OS. The highest BCUT2D eigenvalue weighted by molar-refractivity contribution is 7.97. The number of hydrogen-bond donors (Lipinski definition) is 2. The standard InChI is InChI=1S/C16H18N6OS/c1-10-5-3-4-6-13(10)18-16-20-14(19-15(17)21-16)9-24-8-12-7-11(2)22-23-12/h3-7H,8-9H2,1-2H3,(H3,17,18,19,20,21). The Morgan fingerprint density at radius 2 is 1.96 bits per heavy atom. The number of nitrogen functional groups attached to an aromatic ring is 1. The van der Waals surface area contributed by atoms with Crippen molar-refractivity contribution in [2.45, 2.75) is 25.4 Å². The molecule has 0 aliphatic heterocycles. The molecule has 0 amide bonds. The van der Waals surface area contributed by atoms with E-state index in [1.807, 2.05) is 44.2 Å². The molecule has 0 aliphatic rings. The summed E-state index contributed by atoms with van der Waals surface area (Å²) in [6.45, 7) is 3.91. The Hall–Kier alpha value is -2.61. The van der Waals surface area contributed by atoms with E-state index in [0.29, 0.717) is 23.3 Å². The number of aromatic nitrogens is 4. The number of para-hydroxylation sites is 1. The number of nitrogens with zero attached hydrogens (tertiary/aromatic N) is 4. The first-order chi connectivity index (χ1) is 11.6. The largest absolute Gasteiger partial charge is 0.368 e. The lowest BCUT2D eigenvalue weighted by Crippen LogP contribution is -2.07. The molecule has 0 bridgehead atoms. The summed E-state index contributed by atoms with van der Waals surface area (Å²) in [6.07, 6.45) is 0. The van der Waals surface area contributed by atoms with Crippen molar-refractivity contribution in [1.29, 1.82) is 0 Å². The topological polar surface area (TPSA) is 103 Å². The van der Waals surface area contributed by atoms with E-state index in [9.17, 15) is 0 Å². The van der Waals surface area contributed by atoms with Gasteiger partial charge in [0.15, 0.2) is 0 Å². The zero-order valence-electron chi connectivity index (χ0n) is 13.5. The lowest BCUT2D eigenvalue weighted by atomic mass is 10.2. The lowest BCUT2D eigenvalue weighted by molar-refractivity contribution is 0.391. The Morgan fingerprint density at radius 1 is 1.12 bits per heavy atom. The molecule has 2 heterocycles. The molecule has 3 aromatic rings. The van der Waals surface area contributed by atoms with Gasteiger partial charge in [0.2, 0.25) is 11.9 Å². The van der Waals surface area contributed by atoms with Crippen LogP contribution in [0.2, 0.25) is 0 Å². The van der Waals surface area contributed by atoms with Crippen LogP contribution in [0, 0.1) is 13.8 Å². The van der Waals surface area contributed by atoms with Crippen molar-refractivity contribution < 1.29 is 4.52 Å². The van der Waals surface area contributed by atoms with Crippen molar-refractivity contribution >= 4 is 29.3 Å². The molecule has 7 nitrogen and oxygen atoms in total. The first kappa shape index (κ1) is 16.3. The van der Waals surface area contributed by atoms with Crippen molar-refractivity contribution in [1.82, 2.24) is 20.1 Å². The molecule has 0 fully saturated rings. The second kappa shape index (κ2) is 7.31. The fourth-order valence-electron chi connectivity index (χ4n) is 2.12. The molecule has 0 saturated carbocycles. The summed E-state index contributed by atoms with van der Waals surface area (Å²) in [6, 6.07) is 9.84. The highest BCUT2D eigenvalue weighted by Crippen LogP contribution is 2.20. The molecule has 8 heteroatoms. The predicted octanol–water partition coefficient (Wildman–Crippen LogP) is 3.24. The summed E-state index contributed by atoms with van der Waals surface area (Å²) >= 11 is 1.63. The zero-order chi connectivity index (χ0) is 16.9. The van der Waals surface area contributed by atoms with Crippen LogP contribution in [0.3, 0.4) is 0 Å². The number of benzene rings is 1. The van der Waals surface area contributed by atoms with E-state index in [-0.39, 0.29) is 5.95 Å². The quantitative estimate of drug-likeness (QED) is 0.704. The van der Waals surface area contributed by atoms with Crippen LogP contribution in [0.4, 0.5) is 17.6 Å². The van der Waals surface area contributed by atoms with Gasteiger partial charge in [0.25, 0.3) is 0 Å². The van der Waals surface area contributed by atoms with Crippen LogP contribution in [0.25, 0.3) is 0 Å². The van der Waals surface area contributed by atoms with Crippen LogP contribution >= 0.6 is 11.8 Å². The normalized spacial score (nSPS) is 10.8. The average molecular weight is 342 g/mol. The first-order valence-electron chi connectivity index (χ1n) is 7.43. The Kier molecular flexibility index (Phi) is 4.95. The second-order valence-electron chi connectivity index (χ2n) is 5.30. The predicted molar refractivity (Wildman–Crippen MR) is 94.9 cm³/mol. The van der Waals surface area contributed by atoms with Gasteiger partial charge in [-0.3, -0.25) is 0 Å². The molecule has 0 unspecified atom stereocenters. The zero-order valence-corrected chi connectivity index (χ0v) is 14.3. The molecule has 0 saturated heterocycles. The van der Waals surface area contributed by atoms with Crippen LogP contribution in [-0.4, -0.2) is 20.1 Å². The molecule has 124 valence electrons. The van der Waals surface area contributed by atoms with E-state index in [2.05, 4.69) is 25.4 Å². The average Bonchev–Trinajstić information content (AvgIpc) is 2.95. The first-order valence-corrected chi connectivity index (χ1v) is 8.58. The van der Waals surface area contributed by atoms with Gasteiger partial charge >= 0.3 is 0 Å². The van der Waals surface area contributed by atoms with E-state index < -0.39 is 0 Å². The number of hydrogen-bond acceptors (Lipinski definition) is 8. The fourth-order valence-corrected chi connectivity index (χ4v) is 2.87. The van der Waals surface area contributed by atoms with Gasteiger partial charge in [-0.2, -0.15) is 15.0 Å². The summed E-state index contributed by atoms with van der Waals surface area (Å²) in [5.74, 6) is 3.41. The molecular weight excluding hydrogens is 324 g/mol. The lowest BCUT2D eigenvalue weighted by Gasteiger charge is -2.09. The molecule has 1 aromatic carbocycles. The maximum absolute atomic E-state index is 5.80. The third kappa shape index (κ3) is 4.23. The van der Waals surface area contributed by atoms with Crippen LogP contribution in [0.1, 0.15) is 22.8 Å². The molecule has 0 spiro atoms. The highest BCUT2D eigenvalue weighted by Gasteiger charge is 2.08. The van der Waals surface area contributed by atoms with Gasteiger partial charge in [0, 0.05) is 11.8 Å². The third-order valence-electron chi connectivity index (χ3n) is 3.24. The molecule has 3 rings (SSSR count). The van der Waals surface area contributed by atoms with Gasteiger partial charge < -0.3 is 15.6 Å². The third-order valence-corrected chi connectivity index (χ3v) is 4.19. The minimum atomic E-state index is 0.201. The molecule has 0 radical (unpaired) electrons. The second-order valence-corrected chi connectivity index (χ2v) is 6.29. The van der Waals surface area contributed by atoms with Gasteiger partial charge in [0.05, 0.1) is 17.2 Å². The van der Waals surface area contributed by atoms with E-state index in [1.165, 1.54) is 0 Å². The van der Waals surface area contributed by atoms with E-state index >= 15 is 0 Å². The fraction of sp³-hybridized carbons (Fsp3) is 0.250. The minimum Gasteiger partial charge on any atom is -0.368 e. The monoisotopic (exact) mass is 342 g/mol. The van der Waals surface area contributed by atoms with E-state index in [1.54, 1.807) is 11.8 Å². The van der Waals surface area contributed by atoms with Gasteiger partial charge in [-0.1, -0.05) is 23.4 Å². The van der Waals surface area contributed by atoms with E-state index in [0.717, 1.165) is 22.7 Å². The van der Waals surface area contributed by atoms with Crippen LogP contribution in [-0.2, 0) is 11.5 Å². The number of aryl methyl sites for hydroxylation is 2. The van der Waals surface area contributed by atoms with E-state index in [4.69, 9.17) is 10.3 Å². The number of nitrogens with one attached hydrogen (secondary N) is 1. The van der Waals surface area contributed by atoms with Crippen LogP contribution in [0.5, 0.6) is 0 Å². The maximum atomic E-state index is 5.80. The van der Waals surface area contributed by atoms with Crippen LogP contribution < -0.4 is 11.1 Å². The summed E-state index contributed by atoms with van der Waals surface area (Å²) in [5, 5.41) is 7.05. The maximum Gasteiger partial charge on any atom is 0.232 e. The van der Waals surface area contributed by atoms with Crippen LogP contribution in [0.15, 0.2) is 34.9 Å². The smallest absolute Gasteiger partial charge is 0.232 e. The van der Waals surface area contributed by atoms with Crippen molar-refractivity contribution in [3.63, 3.8) is 0 Å². The summed E-state index contributed by atoms with van der Waals surface area (Å²) in [4.78, 5) is 12.8. The highest BCUT2D eigenvalue weighted by atomic mass is 32.2. The van der Waals surface area contributed by atoms with Crippen molar-refractivity contribution in [3.8, 4) is 0 Å². The Bertz CT molecular complexity index is 835. The van der Waals surface area contributed by atoms with Gasteiger partial charge in [-0.05, 0) is 25.5 Å². The SMILES string of the molecule is Cc1cc(CSCc2nc(N)nc(Nc3ccccc3C)n2)on1. The number of rotatable bonds is 6. The van der Waals surface area contributed by atoms with Crippen molar-refractivity contribution in [2.24, 2.45) is 0 Å².